The van der Waals surface area contributed by atoms with Crippen molar-refractivity contribution in [2.45, 2.75) is 6.42 Å². The van der Waals surface area contributed by atoms with E-state index in [1.54, 1.807) is 24.3 Å². The molecule has 2 aromatic carbocycles. The number of hydrogen-bond acceptors (Lipinski definition) is 3. The Labute approximate surface area is 142 Å². The highest BCUT2D eigenvalue weighted by Gasteiger charge is 2.34. The third-order valence-corrected chi connectivity index (χ3v) is 4.12. The Kier molecular flexibility index (Phi) is 4.47. The van der Waals surface area contributed by atoms with Gasteiger partial charge in [0.2, 0.25) is 0 Å². The van der Waals surface area contributed by atoms with E-state index in [-0.39, 0.29) is 11.8 Å². The van der Waals surface area contributed by atoms with Gasteiger partial charge >= 0.3 is 0 Å². The number of carbonyl (C=O) groups excluding carboxylic acids is 2. The lowest BCUT2D eigenvalue weighted by Crippen LogP contribution is -2.30. The van der Waals surface area contributed by atoms with E-state index in [4.69, 9.17) is 0 Å². The van der Waals surface area contributed by atoms with Gasteiger partial charge in [-0.1, -0.05) is 36.4 Å². The number of benzene rings is 2. The van der Waals surface area contributed by atoms with Crippen molar-refractivity contribution in [3.8, 4) is 0 Å². The van der Waals surface area contributed by atoms with Crippen molar-refractivity contribution in [1.82, 2.24) is 4.90 Å². The first-order chi connectivity index (χ1) is 11.6. The van der Waals surface area contributed by atoms with Crippen molar-refractivity contribution >= 4 is 23.6 Å². The average Bonchev–Trinajstić information content (AvgIpc) is 2.84. The first kappa shape index (κ1) is 16.0. The first-order valence-corrected chi connectivity index (χ1v) is 7.97. The van der Waals surface area contributed by atoms with Gasteiger partial charge in [0.1, 0.15) is 0 Å². The summed E-state index contributed by atoms with van der Waals surface area (Å²) in [6, 6.07) is 15.2. The van der Waals surface area contributed by atoms with Gasteiger partial charge in [0.25, 0.3) is 11.8 Å². The van der Waals surface area contributed by atoms with Gasteiger partial charge in [-0.15, -0.1) is 0 Å². The molecule has 0 saturated heterocycles. The quantitative estimate of drug-likeness (QED) is 0.792. The predicted octanol–water partition coefficient (Wildman–Crippen LogP) is 3.45. The molecule has 4 nitrogen and oxygen atoms in total. The molecule has 1 aliphatic heterocycles. The molecule has 24 heavy (non-hydrogen) atoms. The Hall–Kier alpha value is -2.88. The summed E-state index contributed by atoms with van der Waals surface area (Å²) in [5.74, 6) is -0.390. The summed E-state index contributed by atoms with van der Waals surface area (Å²) in [6.45, 7) is 0.401. The maximum absolute atomic E-state index is 12.2. The van der Waals surface area contributed by atoms with Crippen LogP contribution in [0.15, 0.2) is 54.6 Å². The van der Waals surface area contributed by atoms with Crippen LogP contribution in [0, 0.1) is 0 Å². The molecule has 0 unspecified atom stereocenters. The van der Waals surface area contributed by atoms with Crippen LogP contribution in [0.1, 0.15) is 32.7 Å². The molecule has 1 heterocycles. The third-order valence-electron chi connectivity index (χ3n) is 4.12. The largest absolute Gasteiger partial charge is 0.378 e. The summed E-state index contributed by atoms with van der Waals surface area (Å²) in [5.41, 5.74) is 3.26. The minimum Gasteiger partial charge on any atom is -0.378 e. The molecule has 122 valence electrons. The second-order valence-electron chi connectivity index (χ2n) is 5.98. The molecule has 0 aromatic heterocycles. The van der Waals surface area contributed by atoms with Crippen LogP contribution in [-0.4, -0.2) is 37.4 Å². The van der Waals surface area contributed by atoms with Gasteiger partial charge in [-0.25, -0.2) is 0 Å². The van der Waals surface area contributed by atoms with Gasteiger partial charge in [0, 0.05) is 26.3 Å². The molecular formula is C20H20N2O2. The number of nitrogens with zero attached hydrogens (tertiary/aromatic N) is 2. The second-order valence-corrected chi connectivity index (χ2v) is 5.98. The van der Waals surface area contributed by atoms with Crippen LogP contribution < -0.4 is 4.90 Å². The summed E-state index contributed by atoms with van der Waals surface area (Å²) < 4.78 is 0. The fourth-order valence-electron chi connectivity index (χ4n) is 2.75. The van der Waals surface area contributed by atoms with Gasteiger partial charge in [0.15, 0.2) is 0 Å². The molecular weight excluding hydrogens is 300 g/mol. The monoisotopic (exact) mass is 320 g/mol. The third kappa shape index (κ3) is 3.08. The van der Waals surface area contributed by atoms with Crippen molar-refractivity contribution in [1.29, 1.82) is 0 Å². The minimum absolute atomic E-state index is 0.195. The molecule has 2 amide bonds. The molecule has 4 heteroatoms. The van der Waals surface area contributed by atoms with E-state index < -0.39 is 0 Å². The molecule has 0 bridgehead atoms. The Morgan fingerprint density at radius 2 is 1.50 bits per heavy atom. The minimum atomic E-state index is -0.195. The number of carbonyl (C=O) groups is 2. The zero-order valence-electron chi connectivity index (χ0n) is 13.9. The number of amides is 2. The summed E-state index contributed by atoms with van der Waals surface area (Å²) >= 11 is 0. The lowest BCUT2D eigenvalue weighted by Gasteiger charge is -2.12. The standard InChI is InChI=1S/C20H20N2O2/c1-21(2)16-12-10-15(11-13-16)7-5-6-14-22-19(23)17-8-3-4-9-18(17)20(22)24/h3-5,7-13H,6,14H2,1-2H3/b7-5+. The van der Waals surface area contributed by atoms with Crippen molar-refractivity contribution < 1.29 is 9.59 Å². The molecule has 0 saturated carbocycles. The predicted molar refractivity (Wildman–Crippen MR) is 96.2 cm³/mol. The Morgan fingerprint density at radius 1 is 0.917 bits per heavy atom. The molecule has 3 rings (SSSR count). The number of hydrogen-bond donors (Lipinski definition) is 0. The van der Waals surface area contributed by atoms with Crippen LogP contribution in [0.4, 0.5) is 5.69 Å². The van der Waals surface area contributed by atoms with Crippen LogP contribution in [0.25, 0.3) is 6.08 Å². The van der Waals surface area contributed by atoms with Gasteiger partial charge in [-0.05, 0) is 36.2 Å². The Balaban J connectivity index is 1.59. The highest BCUT2D eigenvalue weighted by molar-refractivity contribution is 6.21. The molecule has 0 spiro atoms. The average molecular weight is 320 g/mol. The van der Waals surface area contributed by atoms with Crippen LogP contribution in [0.2, 0.25) is 0 Å². The highest BCUT2D eigenvalue weighted by Crippen LogP contribution is 2.22. The lowest BCUT2D eigenvalue weighted by atomic mass is 10.1. The summed E-state index contributed by atoms with van der Waals surface area (Å²) in [5, 5.41) is 0. The van der Waals surface area contributed by atoms with Crippen molar-refractivity contribution in [3.05, 3.63) is 71.3 Å². The van der Waals surface area contributed by atoms with E-state index in [2.05, 4.69) is 17.0 Å². The SMILES string of the molecule is CN(C)c1ccc(/C=C/CCN2C(=O)c3ccccc3C2=O)cc1. The van der Waals surface area contributed by atoms with E-state index in [0.29, 0.717) is 24.1 Å². The Bertz CT molecular complexity index is 757. The van der Waals surface area contributed by atoms with E-state index in [9.17, 15) is 9.59 Å². The van der Waals surface area contributed by atoms with E-state index >= 15 is 0 Å². The topological polar surface area (TPSA) is 40.6 Å². The second kappa shape index (κ2) is 6.71. The summed E-state index contributed by atoms with van der Waals surface area (Å²) in [4.78, 5) is 27.9. The van der Waals surface area contributed by atoms with Crippen LogP contribution in [0.3, 0.4) is 0 Å². The number of anilines is 1. The maximum Gasteiger partial charge on any atom is 0.261 e. The smallest absolute Gasteiger partial charge is 0.261 e. The van der Waals surface area contributed by atoms with Gasteiger partial charge in [0.05, 0.1) is 11.1 Å². The van der Waals surface area contributed by atoms with Gasteiger partial charge in [-0.2, -0.15) is 0 Å². The summed E-state index contributed by atoms with van der Waals surface area (Å²) in [7, 11) is 4.01. The van der Waals surface area contributed by atoms with Gasteiger partial charge < -0.3 is 4.90 Å². The maximum atomic E-state index is 12.2. The zero-order valence-corrected chi connectivity index (χ0v) is 13.9. The van der Waals surface area contributed by atoms with E-state index in [1.165, 1.54) is 4.90 Å². The van der Waals surface area contributed by atoms with Crippen LogP contribution >= 0.6 is 0 Å². The van der Waals surface area contributed by atoms with Crippen LogP contribution in [0.5, 0.6) is 0 Å². The summed E-state index contributed by atoms with van der Waals surface area (Å²) in [6.07, 6.45) is 4.65. The van der Waals surface area contributed by atoms with Crippen LogP contribution in [-0.2, 0) is 0 Å². The molecule has 0 atom stereocenters. The molecule has 0 aliphatic carbocycles. The highest BCUT2D eigenvalue weighted by atomic mass is 16.2. The van der Waals surface area contributed by atoms with E-state index in [0.717, 1.165) is 11.3 Å². The first-order valence-electron chi connectivity index (χ1n) is 7.97. The fourth-order valence-corrected chi connectivity index (χ4v) is 2.75. The number of imide groups is 1. The van der Waals surface area contributed by atoms with Crippen molar-refractivity contribution in [2.75, 3.05) is 25.5 Å². The lowest BCUT2D eigenvalue weighted by molar-refractivity contribution is 0.0657. The normalized spacial score (nSPS) is 13.7. The Morgan fingerprint density at radius 3 is 2.04 bits per heavy atom. The molecule has 0 radical (unpaired) electrons. The molecule has 0 N–H and O–H groups in total. The number of fused-ring (bicyclic) bond motifs is 1. The molecule has 0 fully saturated rings. The van der Waals surface area contributed by atoms with Crippen molar-refractivity contribution in [3.63, 3.8) is 0 Å². The number of rotatable bonds is 5. The van der Waals surface area contributed by atoms with Gasteiger partial charge in [-0.3, -0.25) is 14.5 Å². The molecule has 1 aliphatic rings. The molecule has 2 aromatic rings. The van der Waals surface area contributed by atoms with Crippen molar-refractivity contribution in [2.24, 2.45) is 0 Å². The fraction of sp³-hybridized carbons (Fsp3) is 0.200. The van der Waals surface area contributed by atoms with E-state index in [1.807, 2.05) is 38.4 Å². The zero-order chi connectivity index (χ0) is 17.1.